The first-order valence-corrected chi connectivity index (χ1v) is 8.74. The largest absolute Gasteiger partial charge is 0.307 e. The molecule has 2 N–H and O–H groups in total. The summed E-state index contributed by atoms with van der Waals surface area (Å²) >= 11 is 0. The molecule has 2 aromatic rings. The molecule has 0 bridgehead atoms. The van der Waals surface area contributed by atoms with Crippen LogP contribution in [-0.4, -0.2) is 41.1 Å². The van der Waals surface area contributed by atoms with Crippen molar-refractivity contribution in [3.8, 4) is 11.3 Å². The van der Waals surface area contributed by atoms with E-state index in [1.165, 1.54) is 0 Å². The third-order valence-electron chi connectivity index (χ3n) is 3.78. The van der Waals surface area contributed by atoms with Gasteiger partial charge in [0, 0.05) is 36.2 Å². The van der Waals surface area contributed by atoms with Crippen LogP contribution in [0.5, 0.6) is 0 Å². The number of pyridine rings is 1. The first kappa shape index (κ1) is 14.2. The Kier molecular flexibility index (Phi) is 3.77. The number of sulfone groups is 1. The van der Waals surface area contributed by atoms with Crippen molar-refractivity contribution in [1.82, 2.24) is 20.5 Å². The van der Waals surface area contributed by atoms with Crippen molar-refractivity contribution in [1.29, 1.82) is 0 Å². The number of aromatic nitrogens is 3. The van der Waals surface area contributed by atoms with Gasteiger partial charge in [-0.05, 0) is 24.1 Å². The van der Waals surface area contributed by atoms with Crippen LogP contribution in [0.1, 0.15) is 12.6 Å². The summed E-state index contributed by atoms with van der Waals surface area (Å²) in [5.41, 5.74) is 2.73. The first-order chi connectivity index (χ1) is 10.0. The zero-order chi connectivity index (χ0) is 14.9. The quantitative estimate of drug-likeness (QED) is 0.879. The smallest absolute Gasteiger partial charge is 0.152 e. The summed E-state index contributed by atoms with van der Waals surface area (Å²) in [5.74, 6) is 0.641. The van der Waals surface area contributed by atoms with Gasteiger partial charge in [0.2, 0.25) is 0 Å². The van der Waals surface area contributed by atoms with Crippen LogP contribution in [-0.2, 0) is 16.4 Å². The van der Waals surface area contributed by atoms with E-state index in [0.717, 1.165) is 17.0 Å². The van der Waals surface area contributed by atoms with Crippen LogP contribution in [0.25, 0.3) is 11.3 Å². The number of aromatic amines is 1. The Balaban J connectivity index is 1.63. The van der Waals surface area contributed by atoms with Crippen molar-refractivity contribution < 1.29 is 8.42 Å². The number of nitrogens with one attached hydrogen (secondary N) is 2. The molecule has 0 aromatic carbocycles. The lowest BCUT2D eigenvalue weighted by molar-refractivity contribution is 0.450. The maximum absolute atomic E-state index is 11.6. The summed E-state index contributed by atoms with van der Waals surface area (Å²) in [6, 6.07) is 5.79. The Hall–Kier alpha value is -1.73. The van der Waals surface area contributed by atoms with Gasteiger partial charge in [0.15, 0.2) is 9.84 Å². The van der Waals surface area contributed by atoms with E-state index in [-0.39, 0.29) is 23.5 Å². The lowest BCUT2D eigenvalue weighted by Crippen LogP contribution is -2.34. The Bertz CT molecular complexity index is 712. The third kappa shape index (κ3) is 3.30. The topological polar surface area (TPSA) is 87.7 Å². The predicted octanol–water partition coefficient (Wildman–Crippen LogP) is 0.994. The van der Waals surface area contributed by atoms with E-state index in [2.05, 4.69) is 20.5 Å². The van der Waals surface area contributed by atoms with E-state index in [9.17, 15) is 8.42 Å². The molecule has 3 rings (SSSR count). The van der Waals surface area contributed by atoms with Crippen molar-refractivity contribution in [2.45, 2.75) is 19.5 Å². The number of hydrogen-bond acceptors (Lipinski definition) is 5. The second-order valence-electron chi connectivity index (χ2n) is 5.56. The molecule has 3 heterocycles. The maximum Gasteiger partial charge on any atom is 0.152 e. The molecule has 1 aliphatic heterocycles. The molecule has 1 fully saturated rings. The Morgan fingerprint density at radius 3 is 2.95 bits per heavy atom. The molecule has 7 heteroatoms. The molecular weight excluding hydrogens is 288 g/mol. The fourth-order valence-electron chi connectivity index (χ4n) is 2.64. The second kappa shape index (κ2) is 5.57. The number of H-pyrrole nitrogens is 1. The molecule has 2 atom stereocenters. The molecule has 0 radical (unpaired) electrons. The number of nitrogens with zero attached hydrogens (tertiary/aromatic N) is 2. The van der Waals surface area contributed by atoms with E-state index in [1.54, 1.807) is 12.4 Å². The van der Waals surface area contributed by atoms with Crippen LogP contribution >= 0.6 is 0 Å². The van der Waals surface area contributed by atoms with Gasteiger partial charge in [-0.3, -0.25) is 10.1 Å². The average Bonchev–Trinajstić information content (AvgIpc) is 3.02. The zero-order valence-corrected chi connectivity index (χ0v) is 12.6. The molecule has 112 valence electrons. The molecule has 0 saturated carbocycles. The van der Waals surface area contributed by atoms with E-state index in [1.807, 2.05) is 25.1 Å². The van der Waals surface area contributed by atoms with Crippen LogP contribution in [0.2, 0.25) is 0 Å². The van der Waals surface area contributed by atoms with Gasteiger partial charge in [-0.25, -0.2) is 8.42 Å². The highest BCUT2D eigenvalue weighted by molar-refractivity contribution is 7.91. The lowest BCUT2D eigenvalue weighted by Gasteiger charge is -2.14. The van der Waals surface area contributed by atoms with Crippen molar-refractivity contribution in [2.24, 2.45) is 5.92 Å². The molecule has 1 aliphatic rings. The van der Waals surface area contributed by atoms with Gasteiger partial charge in [0.1, 0.15) is 0 Å². The minimum absolute atomic E-state index is 0.0140. The van der Waals surface area contributed by atoms with E-state index >= 15 is 0 Å². The van der Waals surface area contributed by atoms with Gasteiger partial charge in [0.25, 0.3) is 0 Å². The van der Waals surface area contributed by atoms with Gasteiger partial charge in [-0.2, -0.15) is 5.10 Å². The molecule has 0 amide bonds. The zero-order valence-electron chi connectivity index (χ0n) is 11.8. The molecule has 0 aliphatic carbocycles. The molecule has 21 heavy (non-hydrogen) atoms. The molecule has 0 spiro atoms. The highest BCUT2D eigenvalue weighted by Crippen LogP contribution is 2.20. The van der Waals surface area contributed by atoms with Crippen molar-refractivity contribution in [3.63, 3.8) is 0 Å². The maximum atomic E-state index is 11.6. The van der Waals surface area contributed by atoms with Crippen LogP contribution in [0.4, 0.5) is 0 Å². The molecule has 2 aromatic heterocycles. The average molecular weight is 306 g/mol. The van der Waals surface area contributed by atoms with Crippen molar-refractivity contribution in [2.75, 3.05) is 11.5 Å². The minimum atomic E-state index is -2.88. The van der Waals surface area contributed by atoms with E-state index in [4.69, 9.17) is 0 Å². The highest BCUT2D eigenvalue weighted by Gasteiger charge is 2.34. The van der Waals surface area contributed by atoms with Gasteiger partial charge in [-0.15, -0.1) is 0 Å². The summed E-state index contributed by atoms with van der Waals surface area (Å²) < 4.78 is 23.2. The fraction of sp³-hybridized carbons (Fsp3) is 0.429. The van der Waals surface area contributed by atoms with Gasteiger partial charge in [0.05, 0.1) is 17.2 Å². The Morgan fingerprint density at radius 2 is 2.29 bits per heavy atom. The van der Waals surface area contributed by atoms with E-state index < -0.39 is 9.84 Å². The van der Waals surface area contributed by atoms with Gasteiger partial charge in [-0.1, -0.05) is 6.92 Å². The fourth-order valence-corrected chi connectivity index (χ4v) is 4.80. The number of rotatable bonds is 4. The highest BCUT2D eigenvalue weighted by atomic mass is 32.2. The standard InChI is InChI=1S/C14H18N4O2S/c1-10-8-21(19,20)9-14(10)16-7-12-5-13(18-17-12)11-3-2-4-15-6-11/h2-6,10,14,16H,7-9H2,1H3,(H,17,18)/t10-,14+/m0/s1. The summed E-state index contributed by atoms with van der Waals surface area (Å²) in [5, 5.41) is 10.5. The molecule has 0 unspecified atom stereocenters. The van der Waals surface area contributed by atoms with Crippen molar-refractivity contribution in [3.05, 3.63) is 36.3 Å². The Labute approximate surface area is 123 Å². The predicted molar refractivity (Wildman–Crippen MR) is 80.3 cm³/mol. The molecule has 6 nitrogen and oxygen atoms in total. The van der Waals surface area contributed by atoms with Crippen LogP contribution in [0.3, 0.4) is 0 Å². The first-order valence-electron chi connectivity index (χ1n) is 6.92. The summed E-state index contributed by atoms with van der Waals surface area (Å²) in [6.45, 7) is 2.55. The Morgan fingerprint density at radius 1 is 1.43 bits per heavy atom. The van der Waals surface area contributed by atoms with Crippen LogP contribution in [0, 0.1) is 5.92 Å². The minimum Gasteiger partial charge on any atom is -0.307 e. The molecular formula is C14H18N4O2S. The summed E-state index contributed by atoms with van der Waals surface area (Å²) in [6.07, 6.45) is 3.49. The monoisotopic (exact) mass is 306 g/mol. The van der Waals surface area contributed by atoms with Crippen LogP contribution < -0.4 is 5.32 Å². The number of hydrogen-bond donors (Lipinski definition) is 2. The summed E-state index contributed by atoms with van der Waals surface area (Å²) in [4.78, 5) is 4.07. The summed E-state index contributed by atoms with van der Waals surface area (Å²) in [7, 11) is -2.88. The SMILES string of the molecule is C[C@H]1CS(=O)(=O)C[C@H]1NCc1cc(-c2cccnc2)n[nH]1. The van der Waals surface area contributed by atoms with Crippen molar-refractivity contribution >= 4 is 9.84 Å². The molecule has 1 saturated heterocycles. The van der Waals surface area contributed by atoms with Gasteiger partial charge < -0.3 is 5.32 Å². The van der Waals surface area contributed by atoms with Crippen LogP contribution in [0.15, 0.2) is 30.6 Å². The van der Waals surface area contributed by atoms with Gasteiger partial charge >= 0.3 is 0 Å². The normalized spacial score (nSPS) is 24.2. The third-order valence-corrected chi connectivity index (χ3v) is 5.68. The second-order valence-corrected chi connectivity index (χ2v) is 7.72. The van der Waals surface area contributed by atoms with E-state index in [0.29, 0.717) is 6.54 Å². The lowest BCUT2D eigenvalue weighted by atomic mass is 10.1.